The fraction of sp³-hybridized carbons (Fsp3) is 0.500. The Morgan fingerprint density at radius 2 is 2.00 bits per heavy atom. The van der Waals surface area contributed by atoms with Crippen LogP contribution in [0.1, 0.15) is 33.0 Å². The van der Waals surface area contributed by atoms with Gasteiger partial charge in [-0.3, -0.25) is 15.0 Å². The van der Waals surface area contributed by atoms with Crippen molar-refractivity contribution in [1.82, 2.24) is 34.7 Å². The van der Waals surface area contributed by atoms with Gasteiger partial charge < -0.3 is 24.9 Å². The van der Waals surface area contributed by atoms with Crippen molar-refractivity contribution in [3.05, 3.63) is 36.0 Å². The van der Waals surface area contributed by atoms with E-state index in [9.17, 15) is 4.79 Å². The lowest BCUT2D eigenvalue weighted by Gasteiger charge is -2.28. The van der Waals surface area contributed by atoms with E-state index in [-0.39, 0.29) is 17.8 Å². The van der Waals surface area contributed by atoms with Crippen LogP contribution in [0, 0.1) is 5.82 Å². The zero-order chi connectivity index (χ0) is 28.0. The highest BCUT2D eigenvalue weighted by Gasteiger charge is 2.33. The first-order valence-electron chi connectivity index (χ1n) is 13.9. The number of hydrogen-bond donors (Lipinski definition) is 3. The number of H-pyrrole nitrogens is 1. The first-order valence-corrected chi connectivity index (χ1v) is 13.9. The molecule has 11 nitrogen and oxygen atoms in total. The van der Waals surface area contributed by atoms with Crippen LogP contribution < -0.4 is 16.0 Å². The van der Waals surface area contributed by atoms with Crippen LogP contribution in [-0.2, 0) is 22.6 Å². The van der Waals surface area contributed by atoms with Gasteiger partial charge in [-0.15, -0.1) is 0 Å². The first kappa shape index (κ1) is 26.6. The molecule has 5 heterocycles. The fourth-order valence-electron chi connectivity index (χ4n) is 5.80. The summed E-state index contributed by atoms with van der Waals surface area (Å²) >= 11 is 0. The number of halogens is 1. The summed E-state index contributed by atoms with van der Waals surface area (Å²) in [5.41, 5.74) is 7.42. The summed E-state index contributed by atoms with van der Waals surface area (Å²) in [6, 6.07) is 5.19. The van der Waals surface area contributed by atoms with Crippen molar-refractivity contribution in [2.24, 2.45) is 5.73 Å². The van der Waals surface area contributed by atoms with E-state index in [2.05, 4.69) is 31.6 Å². The molecule has 0 bridgehead atoms. The molecule has 2 fully saturated rings. The second kappa shape index (κ2) is 10.4. The highest BCUT2D eigenvalue weighted by molar-refractivity contribution is 5.95. The Kier molecular flexibility index (Phi) is 6.93. The summed E-state index contributed by atoms with van der Waals surface area (Å²) in [5, 5.41) is 4.14. The van der Waals surface area contributed by atoms with Crippen LogP contribution in [0.3, 0.4) is 0 Å². The third-order valence-corrected chi connectivity index (χ3v) is 8.01. The molecule has 1 aromatic carbocycles. The van der Waals surface area contributed by atoms with Crippen LogP contribution in [0.5, 0.6) is 0 Å². The molecular weight excluding hydrogens is 513 g/mol. The number of morpholine rings is 1. The molecule has 0 aliphatic carbocycles. The SMILES string of the molecule is CCn1c(CN2CCC(NC(C)(C)C(N)=O)C2)nc2c(N3CCOCC3)nc(-c3c(F)ccc4[nH]ccc34)nc21. The molecular formula is C28H36FN9O2. The molecule has 1 amide bonds. The largest absolute Gasteiger partial charge is 0.378 e. The van der Waals surface area contributed by atoms with Crippen LogP contribution in [0.25, 0.3) is 33.5 Å². The van der Waals surface area contributed by atoms with Crippen molar-refractivity contribution in [2.45, 2.75) is 51.9 Å². The number of fused-ring (bicyclic) bond motifs is 2. The number of aromatic amines is 1. The zero-order valence-electron chi connectivity index (χ0n) is 23.2. The molecule has 4 N–H and O–H groups in total. The monoisotopic (exact) mass is 549 g/mol. The van der Waals surface area contributed by atoms with Gasteiger partial charge in [0.25, 0.3) is 0 Å². The number of nitrogens with zero attached hydrogens (tertiary/aromatic N) is 6. The van der Waals surface area contributed by atoms with Gasteiger partial charge in [-0.1, -0.05) is 0 Å². The van der Waals surface area contributed by atoms with Gasteiger partial charge in [0, 0.05) is 55.9 Å². The minimum atomic E-state index is -0.770. The number of carbonyl (C=O) groups excluding carboxylic acids is 1. The maximum atomic E-state index is 15.3. The summed E-state index contributed by atoms with van der Waals surface area (Å²) in [7, 11) is 0. The molecule has 0 spiro atoms. The number of aryl methyl sites for hydroxylation is 1. The highest BCUT2D eigenvalue weighted by Crippen LogP contribution is 2.34. The van der Waals surface area contributed by atoms with Gasteiger partial charge in [-0.05, 0) is 45.4 Å². The summed E-state index contributed by atoms with van der Waals surface area (Å²) in [6.45, 7) is 11.1. The molecule has 1 unspecified atom stereocenters. The van der Waals surface area contributed by atoms with E-state index in [1.54, 1.807) is 12.3 Å². The summed E-state index contributed by atoms with van der Waals surface area (Å²) in [6.07, 6.45) is 2.71. The lowest BCUT2D eigenvalue weighted by molar-refractivity contribution is -0.123. The van der Waals surface area contributed by atoms with E-state index in [1.165, 1.54) is 6.07 Å². The van der Waals surface area contributed by atoms with Crippen LogP contribution in [0.4, 0.5) is 10.2 Å². The second-order valence-electron chi connectivity index (χ2n) is 11.1. The van der Waals surface area contributed by atoms with E-state index in [4.69, 9.17) is 25.4 Å². The number of imidazole rings is 1. The number of nitrogens with one attached hydrogen (secondary N) is 2. The van der Waals surface area contributed by atoms with E-state index in [0.29, 0.717) is 67.8 Å². The van der Waals surface area contributed by atoms with Crippen molar-refractivity contribution in [2.75, 3.05) is 44.3 Å². The average Bonchev–Trinajstić information content (AvgIpc) is 3.67. The lowest BCUT2D eigenvalue weighted by atomic mass is 10.0. The zero-order valence-corrected chi connectivity index (χ0v) is 23.2. The number of hydrogen-bond acceptors (Lipinski definition) is 8. The molecule has 2 saturated heterocycles. The Hall–Kier alpha value is -3.61. The Bertz CT molecular complexity index is 1560. The number of likely N-dealkylation sites (tertiary alicyclic amines) is 1. The average molecular weight is 550 g/mol. The van der Waals surface area contributed by atoms with Gasteiger partial charge in [-0.2, -0.15) is 0 Å². The molecule has 6 rings (SSSR count). The number of anilines is 1. The quantitative estimate of drug-likeness (QED) is 0.306. The normalized spacial score (nSPS) is 18.8. The molecule has 0 saturated carbocycles. The predicted octanol–water partition coefficient (Wildman–Crippen LogP) is 2.40. The first-order chi connectivity index (χ1) is 19.2. The second-order valence-corrected chi connectivity index (χ2v) is 11.1. The number of amides is 1. The Morgan fingerprint density at radius 3 is 2.75 bits per heavy atom. The number of ether oxygens (including phenoxy) is 1. The van der Waals surface area contributed by atoms with Gasteiger partial charge >= 0.3 is 0 Å². The van der Waals surface area contributed by atoms with Crippen molar-refractivity contribution in [1.29, 1.82) is 0 Å². The third kappa shape index (κ3) is 4.80. The third-order valence-electron chi connectivity index (χ3n) is 8.01. The minimum absolute atomic E-state index is 0.155. The highest BCUT2D eigenvalue weighted by atomic mass is 19.1. The molecule has 0 radical (unpaired) electrons. The van der Waals surface area contributed by atoms with Crippen molar-refractivity contribution in [3.63, 3.8) is 0 Å². The van der Waals surface area contributed by atoms with Crippen LogP contribution in [-0.4, -0.2) is 86.3 Å². The van der Waals surface area contributed by atoms with Gasteiger partial charge in [0.15, 0.2) is 22.8 Å². The number of nitrogens with two attached hydrogens (primary N) is 1. The van der Waals surface area contributed by atoms with Crippen molar-refractivity contribution in [3.8, 4) is 11.4 Å². The van der Waals surface area contributed by atoms with Crippen LogP contribution >= 0.6 is 0 Å². The molecule has 40 heavy (non-hydrogen) atoms. The topological polar surface area (TPSA) is 130 Å². The van der Waals surface area contributed by atoms with E-state index in [1.807, 2.05) is 19.9 Å². The standard InChI is InChI=1S/C28H36FN9O2/c1-4-38-21(16-36-10-8-17(15-36)35-28(2,3)27(30)39)32-23-25(37-11-13-40-14-12-37)33-24(34-26(23)38)22-18-7-9-31-20(18)6-5-19(22)29/h5-7,9,17,31,35H,4,8,10-16H2,1-3H3,(H2,30,39). The number of aromatic nitrogens is 5. The summed E-state index contributed by atoms with van der Waals surface area (Å²) < 4.78 is 23.0. The Morgan fingerprint density at radius 1 is 1.20 bits per heavy atom. The van der Waals surface area contributed by atoms with Gasteiger partial charge in [0.2, 0.25) is 5.91 Å². The van der Waals surface area contributed by atoms with Gasteiger partial charge in [-0.25, -0.2) is 19.3 Å². The number of primary amides is 1. The van der Waals surface area contributed by atoms with Crippen LogP contribution in [0.15, 0.2) is 24.4 Å². The summed E-state index contributed by atoms with van der Waals surface area (Å²) in [5.74, 6) is 1.20. The van der Waals surface area contributed by atoms with Gasteiger partial charge in [0.1, 0.15) is 11.6 Å². The number of benzene rings is 1. The maximum Gasteiger partial charge on any atom is 0.237 e. The Labute approximate surface area is 231 Å². The smallest absolute Gasteiger partial charge is 0.237 e. The van der Waals surface area contributed by atoms with Gasteiger partial charge in [0.05, 0.1) is 30.9 Å². The molecule has 2 aliphatic rings. The molecule has 12 heteroatoms. The van der Waals surface area contributed by atoms with Crippen LogP contribution in [0.2, 0.25) is 0 Å². The fourth-order valence-corrected chi connectivity index (χ4v) is 5.80. The van der Waals surface area contributed by atoms with E-state index >= 15 is 4.39 Å². The Balaban J connectivity index is 1.40. The molecule has 212 valence electrons. The predicted molar refractivity (Wildman–Crippen MR) is 151 cm³/mol. The molecule has 1 atom stereocenters. The number of carbonyl (C=O) groups is 1. The van der Waals surface area contributed by atoms with Crippen molar-refractivity contribution < 1.29 is 13.9 Å². The van der Waals surface area contributed by atoms with E-state index in [0.717, 1.165) is 36.2 Å². The van der Waals surface area contributed by atoms with Crippen molar-refractivity contribution >= 4 is 33.8 Å². The maximum absolute atomic E-state index is 15.3. The number of rotatable bonds is 8. The summed E-state index contributed by atoms with van der Waals surface area (Å²) in [4.78, 5) is 34.4. The molecule has 2 aliphatic heterocycles. The lowest BCUT2D eigenvalue weighted by Crippen LogP contribution is -2.55. The minimum Gasteiger partial charge on any atom is -0.378 e. The van der Waals surface area contributed by atoms with E-state index < -0.39 is 5.54 Å². The molecule has 4 aromatic rings. The molecule has 3 aromatic heterocycles.